The molecule has 20 heavy (non-hydrogen) atoms. The molecule has 1 aromatic carbocycles. The lowest BCUT2D eigenvalue weighted by Gasteiger charge is -2.39. The second kappa shape index (κ2) is 5.94. The number of carboxylic acids is 1. The highest BCUT2D eigenvalue weighted by Gasteiger charge is 2.40. The molecule has 1 amide bonds. The van der Waals surface area contributed by atoms with Gasteiger partial charge in [0.2, 0.25) is 5.91 Å². The zero-order chi connectivity index (χ0) is 14.7. The van der Waals surface area contributed by atoms with E-state index in [-0.39, 0.29) is 5.91 Å². The third kappa shape index (κ3) is 2.61. The van der Waals surface area contributed by atoms with Crippen molar-refractivity contribution in [3.05, 3.63) is 29.8 Å². The van der Waals surface area contributed by atoms with Crippen LogP contribution >= 0.6 is 0 Å². The first-order chi connectivity index (χ1) is 9.58. The molecule has 0 radical (unpaired) electrons. The number of carboxylic acid groups (broad SMARTS) is 1. The van der Waals surface area contributed by atoms with Gasteiger partial charge in [-0.1, -0.05) is 12.1 Å². The molecule has 1 heterocycles. The average Bonchev–Trinajstić information content (AvgIpc) is 2.46. The molecule has 108 valence electrons. The van der Waals surface area contributed by atoms with Crippen LogP contribution in [0.4, 0.5) is 0 Å². The lowest BCUT2D eigenvalue weighted by molar-refractivity contribution is -0.151. The molecule has 1 aliphatic rings. The standard InChI is InChI=1S/C15H19NO4/c1-3-16-13(17)8-7-12(15(18)19)14(16)10-5-4-6-11(9-10)20-2/h4-6,9,12,14H,3,7-8H2,1-2H3,(H,18,19). The van der Waals surface area contributed by atoms with Crippen molar-refractivity contribution < 1.29 is 19.4 Å². The maximum atomic E-state index is 12.0. The summed E-state index contributed by atoms with van der Waals surface area (Å²) in [5.74, 6) is -0.748. The van der Waals surface area contributed by atoms with Crippen molar-refractivity contribution in [1.82, 2.24) is 4.90 Å². The number of hydrogen-bond donors (Lipinski definition) is 1. The molecule has 0 spiro atoms. The minimum absolute atomic E-state index is 0.0119. The van der Waals surface area contributed by atoms with Gasteiger partial charge in [-0.3, -0.25) is 9.59 Å². The number of hydrogen-bond acceptors (Lipinski definition) is 3. The van der Waals surface area contributed by atoms with Gasteiger partial charge < -0.3 is 14.7 Å². The van der Waals surface area contributed by atoms with Gasteiger partial charge in [-0.15, -0.1) is 0 Å². The van der Waals surface area contributed by atoms with Crippen molar-refractivity contribution in [2.24, 2.45) is 5.92 Å². The molecule has 0 bridgehead atoms. The van der Waals surface area contributed by atoms with Gasteiger partial charge in [0.25, 0.3) is 0 Å². The largest absolute Gasteiger partial charge is 0.497 e. The molecule has 0 saturated carbocycles. The number of methoxy groups -OCH3 is 1. The summed E-state index contributed by atoms with van der Waals surface area (Å²) >= 11 is 0. The number of likely N-dealkylation sites (tertiary alicyclic amines) is 1. The van der Waals surface area contributed by atoms with Crippen molar-refractivity contribution in [3.63, 3.8) is 0 Å². The summed E-state index contributed by atoms with van der Waals surface area (Å²) in [5.41, 5.74) is 0.812. The summed E-state index contributed by atoms with van der Waals surface area (Å²) in [6.45, 7) is 2.37. The van der Waals surface area contributed by atoms with Crippen molar-refractivity contribution in [2.75, 3.05) is 13.7 Å². The van der Waals surface area contributed by atoms with Gasteiger partial charge in [-0.05, 0) is 31.0 Å². The summed E-state index contributed by atoms with van der Waals surface area (Å²) in [7, 11) is 1.57. The Hall–Kier alpha value is -2.04. The highest BCUT2D eigenvalue weighted by atomic mass is 16.5. The van der Waals surface area contributed by atoms with Crippen LogP contribution in [0.25, 0.3) is 0 Å². The minimum Gasteiger partial charge on any atom is -0.497 e. The molecule has 2 unspecified atom stereocenters. The van der Waals surface area contributed by atoms with E-state index in [2.05, 4.69) is 0 Å². The van der Waals surface area contributed by atoms with E-state index in [4.69, 9.17) is 4.74 Å². The average molecular weight is 277 g/mol. The first-order valence-electron chi connectivity index (χ1n) is 6.74. The van der Waals surface area contributed by atoms with Gasteiger partial charge in [0.1, 0.15) is 5.75 Å². The van der Waals surface area contributed by atoms with Crippen LogP contribution in [0.5, 0.6) is 5.75 Å². The summed E-state index contributed by atoms with van der Waals surface area (Å²) < 4.78 is 5.19. The fraction of sp³-hybridized carbons (Fsp3) is 0.467. The molecule has 2 atom stereocenters. The number of nitrogens with zero attached hydrogens (tertiary/aromatic N) is 1. The van der Waals surface area contributed by atoms with E-state index >= 15 is 0 Å². The molecule has 1 N–H and O–H groups in total. The van der Waals surface area contributed by atoms with Gasteiger partial charge in [0.15, 0.2) is 0 Å². The number of carbonyl (C=O) groups is 2. The predicted molar refractivity (Wildman–Crippen MR) is 73.5 cm³/mol. The Kier molecular flexibility index (Phi) is 4.27. The van der Waals surface area contributed by atoms with Gasteiger partial charge in [0, 0.05) is 13.0 Å². The zero-order valence-electron chi connectivity index (χ0n) is 11.7. The molecule has 2 rings (SSSR count). The topological polar surface area (TPSA) is 66.8 Å². The highest BCUT2D eigenvalue weighted by molar-refractivity contribution is 5.81. The Morgan fingerprint density at radius 2 is 2.25 bits per heavy atom. The monoisotopic (exact) mass is 277 g/mol. The molecule has 1 fully saturated rings. The van der Waals surface area contributed by atoms with Gasteiger partial charge >= 0.3 is 5.97 Å². The molecular formula is C15H19NO4. The predicted octanol–water partition coefficient (Wildman–Crippen LogP) is 2.08. The number of rotatable bonds is 4. The fourth-order valence-corrected chi connectivity index (χ4v) is 2.82. The third-order valence-corrected chi connectivity index (χ3v) is 3.80. The number of benzene rings is 1. The number of carbonyl (C=O) groups excluding carboxylic acids is 1. The van der Waals surface area contributed by atoms with Crippen LogP contribution in [0.15, 0.2) is 24.3 Å². The Morgan fingerprint density at radius 3 is 2.85 bits per heavy atom. The van der Waals surface area contributed by atoms with E-state index in [0.29, 0.717) is 25.1 Å². The second-order valence-electron chi connectivity index (χ2n) is 4.88. The Bertz CT molecular complexity index is 512. The Balaban J connectivity index is 2.43. The van der Waals surface area contributed by atoms with Crippen LogP contribution in [-0.2, 0) is 9.59 Å². The van der Waals surface area contributed by atoms with Crippen LogP contribution in [0.3, 0.4) is 0 Å². The molecule has 5 heteroatoms. The molecule has 1 aromatic rings. The molecule has 1 saturated heterocycles. The summed E-state index contributed by atoms with van der Waals surface area (Å²) in [4.78, 5) is 25.2. The van der Waals surface area contributed by atoms with E-state index in [1.54, 1.807) is 18.1 Å². The maximum Gasteiger partial charge on any atom is 0.308 e. The molecule has 5 nitrogen and oxygen atoms in total. The van der Waals surface area contributed by atoms with Crippen LogP contribution < -0.4 is 4.74 Å². The van der Waals surface area contributed by atoms with Crippen LogP contribution in [0, 0.1) is 5.92 Å². The van der Waals surface area contributed by atoms with Crippen molar-refractivity contribution in [2.45, 2.75) is 25.8 Å². The van der Waals surface area contributed by atoms with E-state index in [1.807, 2.05) is 25.1 Å². The van der Waals surface area contributed by atoms with Crippen LogP contribution in [-0.4, -0.2) is 35.5 Å². The quantitative estimate of drug-likeness (QED) is 0.915. The van der Waals surface area contributed by atoms with Gasteiger partial charge in [-0.25, -0.2) is 0 Å². The summed E-state index contributed by atoms with van der Waals surface area (Å²) in [6.07, 6.45) is 0.678. The van der Waals surface area contributed by atoms with Gasteiger partial charge in [0.05, 0.1) is 19.1 Å². The number of amides is 1. The van der Waals surface area contributed by atoms with Crippen molar-refractivity contribution in [3.8, 4) is 5.75 Å². The fourth-order valence-electron chi connectivity index (χ4n) is 2.82. The Morgan fingerprint density at radius 1 is 1.50 bits per heavy atom. The molecule has 0 aromatic heterocycles. The normalized spacial score (nSPS) is 22.7. The SMILES string of the molecule is CCN1C(=O)CCC(C(=O)O)C1c1cccc(OC)c1. The van der Waals surface area contributed by atoms with Crippen LogP contribution in [0.2, 0.25) is 0 Å². The second-order valence-corrected chi connectivity index (χ2v) is 4.88. The van der Waals surface area contributed by atoms with E-state index in [0.717, 1.165) is 5.56 Å². The Labute approximate surface area is 118 Å². The maximum absolute atomic E-state index is 12.0. The first-order valence-corrected chi connectivity index (χ1v) is 6.74. The van der Waals surface area contributed by atoms with E-state index in [9.17, 15) is 14.7 Å². The smallest absolute Gasteiger partial charge is 0.308 e. The number of ether oxygens (including phenoxy) is 1. The molecule has 1 aliphatic heterocycles. The third-order valence-electron chi connectivity index (χ3n) is 3.80. The first kappa shape index (κ1) is 14.4. The number of aliphatic carboxylic acids is 1. The van der Waals surface area contributed by atoms with Gasteiger partial charge in [-0.2, -0.15) is 0 Å². The lowest BCUT2D eigenvalue weighted by atomic mass is 9.84. The lowest BCUT2D eigenvalue weighted by Crippen LogP contribution is -2.45. The minimum atomic E-state index is -0.858. The highest BCUT2D eigenvalue weighted by Crippen LogP contribution is 2.37. The zero-order valence-corrected chi connectivity index (χ0v) is 11.7. The molecule has 0 aliphatic carbocycles. The summed E-state index contributed by atoms with van der Waals surface area (Å²) in [5, 5.41) is 9.43. The van der Waals surface area contributed by atoms with Crippen LogP contribution in [0.1, 0.15) is 31.4 Å². The van der Waals surface area contributed by atoms with E-state index < -0.39 is 17.9 Å². The molecular weight excluding hydrogens is 258 g/mol. The van der Waals surface area contributed by atoms with Crippen molar-refractivity contribution >= 4 is 11.9 Å². The van der Waals surface area contributed by atoms with Crippen molar-refractivity contribution in [1.29, 1.82) is 0 Å². The van der Waals surface area contributed by atoms with E-state index in [1.165, 1.54) is 0 Å². The number of piperidine rings is 1. The summed E-state index contributed by atoms with van der Waals surface area (Å²) in [6, 6.07) is 6.86.